The molecule has 1 aromatic heterocycles. The third-order valence-electron chi connectivity index (χ3n) is 5.84. The second-order valence-corrected chi connectivity index (χ2v) is 7.90. The minimum Gasteiger partial charge on any atom is -0.493 e. The predicted octanol–water partition coefficient (Wildman–Crippen LogP) is 4.08. The fourth-order valence-corrected chi connectivity index (χ4v) is 4.12. The van der Waals surface area contributed by atoms with Crippen molar-refractivity contribution in [3.05, 3.63) is 71.7 Å². The molecule has 1 atom stereocenters. The minimum absolute atomic E-state index is 0.0287. The van der Waals surface area contributed by atoms with Crippen LogP contribution in [0.2, 0.25) is 0 Å². The SMILES string of the molecule is CNC(=O)N1C=C(c2ccc(-c3cnn(C)c3)cc2)c2cc(OC)c(OC)cc2CC1C. The molecule has 2 aromatic carbocycles. The number of carbonyl (C=O) groups excluding carboxylic acids is 1. The molecule has 0 radical (unpaired) electrons. The van der Waals surface area contributed by atoms with Crippen molar-refractivity contribution < 1.29 is 14.3 Å². The van der Waals surface area contributed by atoms with E-state index in [1.807, 2.05) is 44.7 Å². The molecule has 0 bridgehead atoms. The van der Waals surface area contributed by atoms with E-state index in [2.05, 4.69) is 34.7 Å². The summed E-state index contributed by atoms with van der Waals surface area (Å²) < 4.78 is 12.9. The number of benzene rings is 2. The number of aromatic nitrogens is 2. The maximum Gasteiger partial charge on any atom is 0.321 e. The van der Waals surface area contributed by atoms with E-state index >= 15 is 0 Å². The van der Waals surface area contributed by atoms with E-state index < -0.39 is 0 Å². The number of aryl methyl sites for hydroxylation is 1. The number of urea groups is 1. The molecule has 166 valence electrons. The number of methoxy groups -OCH3 is 2. The molecule has 1 N–H and O–H groups in total. The van der Waals surface area contributed by atoms with Gasteiger partial charge in [-0.05, 0) is 47.7 Å². The summed E-state index contributed by atoms with van der Waals surface area (Å²) in [5.74, 6) is 1.34. The van der Waals surface area contributed by atoms with Gasteiger partial charge in [0.05, 0.1) is 20.4 Å². The van der Waals surface area contributed by atoms with Crippen LogP contribution < -0.4 is 14.8 Å². The van der Waals surface area contributed by atoms with Gasteiger partial charge in [-0.25, -0.2) is 4.79 Å². The van der Waals surface area contributed by atoms with Crippen molar-refractivity contribution in [2.75, 3.05) is 21.3 Å². The lowest BCUT2D eigenvalue weighted by molar-refractivity contribution is 0.205. The average Bonchev–Trinajstić information content (AvgIpc) is 3.19. The van der Waals surface area contributed by atoms with Crippen molar-refractivity contribution in [3.8, 4) is 22.6 Å². The Morgan fingerprint density at radius 3 is 2.31 bits per heavy atom. The van der Waals surface area contributed by atoms with Gasteiger partial charge >= 0.3 is 6.03 Å². The molecule has 1 aliphatic heterocycles. The van der Waals surface area contributed by atoms with Crippen LogP contribution in [0.25, 0.3) is 16.7 Å². The number of nitrogens with zero attached hydrogens (tertiary/aromatic N) is 3. The second kappa shape index (κ2) is 8.78. The van der Waals surface area contributed by atoms with Crippen LogP contribution in [0, 0.1) is 0 Å². The molecule has 7 heteroatoms. The van der Waals surface area contributed by atoms with E-state index in [1.54, 1.807) is 30.8 Å². The number of nitrogens with one attached hydrogen (secondary N) is 1. The Kier molecular flexibility index (Phi) is 5.90. The molecule has 0 saturated heterocycles. The van der Waals surface area contributed by atoms with Gasteiger partial charge in [-0.3, -0.25) is 9.58 Å². The molecule has 7 nitrogen and oxygen atoms in total. The molecule has 2 amide bonds. The zero-order valence-electron chi connectivity index (χ0n) is 19.0. The van der Waals surface area contributed by atoms with Gasteiger partial charge in [0.2, 0.25) is 0 Å². The molecule has 4 rings (SSSR count). The van der Waals surface area contributed by atoms with E-state index in [1.165, 1.54) is 0 Å². The summed E-state index contributed by atoms with van der Waals surface area (Å²) in [5.41, 5.74) is 6.22. The van der Waals surface area contributed by atoms with Crippen LogP contribution in [0.5, 0.6) is 11.5 Å². The number of ether oxygens (including phenoxy) is 2. The highest BCUT2D eigenvalue weighted by atomic mass is 16.5. The van der Waals surface area contributed by atoms with Crippen LogP contribution in [0.4, 0.5) is 4.79 Å². The Morgan fingerprint density at radius 2 is 1.72 bits per heavy atom. The Bertz CT molecular complexity index is 1160. The Balaban J connectivity index is 1.85. The van der Waals surface area contributed by atoms with Gasteiger partial charge in [0, 0.05) is 43.7 Å². The predicted molar refractivity (Wildman–Crippen MR) is 125 cm³/mol. The van der Waals surface area contributed by atoms with Crippen LogP contribution >= 0.6 is 0 Å². The number of fused-ring (bicyclic) bond motifs is 1. The van der Waals surface area contributed by atoms with E-state index in [0.29, 0.717) is 17.9 Å². The van der Waals surface area contributed by atoms with Gasteiger partial charge in [0.25, 0.3) is 0 Å². The zero-order valence-corrected chi connectivity index (χ0v) is 19.0. The van der Waals surface area contributed by atoms with Gasteiger partial charge in [-0.2, -0.15) is 5.10 Å². The Morgan fingerprint density at radius 1 is 1.06 bits per heavy atom. The molecule has 2 heterocycles. The first-order valence-electron chi connectivity index (χ1n) is 10.5. The molecule has 1 unspecified atom stereocenters. The van der Waals surface area contributed by atoms with Crippen molar-refractivity contribution in [2.45, 2.75) is 19.4 Å². The van der Waals surface area contributed by atoms with E-state index in [9.17, 15) is 4.79 Å². The van der Waals surface area contributed by atoms with Crippen molar-refractivity contribution in [2.24, 2.45) is 7.05 Å². The van der Waals surface area contributed by atoms with Crippen LogP contribution in [0.3, 0.4) is 0 Å². The number of amides is 2. The summed E-state index contributed by atoms with van der Waals surface area (Å²) in [6.45, 7) is 2.04. The molecule has 1 aliphatic rings. The van der Waals surface area contributed by atoms with Gasteiger partial charge in [0.15, 0.2) is 11.5 Å². The lowest BCUT2D eigenvalue weighted by Gasteiger charge is -2.24. The van der Waals surface area contributed by atoms with E-state index in [0.717, 1.165) is 33.4 Å². The smallest absolute Gasteiger partial charge is 0.321 e. The molecule has 0 saturated carbocycles. The highest BCUT2D eigenvalue weighted by molar-refractivity contribution is 5.87. The third kappa shape index (κ3) is 3.93. The number of hydrogen-bond acceptors (Lipinski definition) is 4. The normalized spacial score (nSPS) is 15.5. The van der Waals surface area contributed by atoms with E-state index in [4.69, 9.17) is 9.47 Å². The van der Waals surface area contributed by atoms with Gasteiger partial charge < -0.3 is 14.8 Å². The summed E-state index contributed by atoms with van der Waals surface area (Å²) >= 11 is 0. The molecular formula is C25H28N4O3. The van der Waals surface area contributed by atoms with Crippen LogP contribution in [-0.4, -0.2) is 48.0 Å². The van der Waals surface area contributed by atoms with Crippen molar-refractivity contribution in [1.82, 2.24) is 20.0 Å². The fourth-order valence-electron chi connectivity index (χ4n) is 4.12. The topological polar surface area (TPSA) is 68.6 Å². The Labute approximate surface area is 188 Å². The van der Waals surface area contributed by atoms with Gasteiger partial charge in [-0.1, -0.05) is 24.3 Å². The van der Waals surface area contributed by atoms with E-state index in [-0.39, 0.29) is 12.1 Å². The fraction of sp³-hybridized carbons (Fsp3) is 0.280. The van der Waals surface area contributed by atoms with Gasteiger partial charge in [0.1, 0.15) is 0 Å². The first kappa shape index (κ1) is 21.5. The van der Waals surface area contributed by atoms with Gasteiger partial charge in [-0.15, -0.1) is 0 Å². The summed E-state index contributed by atoms with van der Waals surface area (Å²) in [4.78, 5) is 14.4. The monoisotopic (exact) mass is 432 g/mol. The quantitative estimate of drug-likeness (QED) is 0.675. The molecule has 3 aromatic rings. The number of carbonyl (C=O) groups is 1. The molecule has 32 heavy (non-hydrogen) atoms. The standard InChI is InChI=1S/C25H28N4O3/c1-16-10-19-11-23(31-4)24(32-5)12-21(19)22(15-29(16)25(30)26-2)18-8-6-17(7-9-18)20-13-27-28(3)14-20/h6-9,11-16H,10H2,1-5H3,(H,26,30). The summed E-state index contributed by atoms with van der Waals surface area (Å²) in [5, 5.41) is 7.01. The number of hydrogen-bond donors (Lipinski definition) is 1. The van der Waals surface area contributed by atoms with Crippen molar-refractivity contribution in [3.63, 3.8) is 0 Å². The summed E-state index contributed by atoms with van der Waals surface area (Å²) in [6, 6.07) is 12.1. The van der Waals surface area contributed by atoms with Crippen LogP contribution in [0.1, 0.15) is 23.6 Å². The Hall–Kier alpha value is -3.74. The molecule has 0 aliphatic carbocycles. The van der Waals surface area contributed by atoms with Crippen molar-refractivity contribution in [1.29, 1.82) is 0 Å². The van der Waals surface area contributed by atoms with Crippen LogP contribution in [-0.2, 0) is 13.5 Å². The lowest BCUT2D eigenvalue weighted by Crippen LogP contribution is -2.40. The first-order valence-corrected chi connectivity index (χ1v) is 10.5. The largest absolute Gasteiger partial charge is 0.493 e. The third-order valence-corrected chi connectivity index (χ3v) is 5.84. The summed E-state index contributed by atoms with van der Waals surface area (Å²) in [6.07, 6.45) is 6.46. The highest BCUT2D eigenvalue weighted by Gasteiger charge is 2.26. The first-order chi connectivity index (χ1) is 15.4. The molecular weight excluding hydrogens is 404 g/mol. The average molecular weight is 433 g/mol. The summed E-state index contributed by atoms with van der Waals surface area (Å²) in [7, 11) is 6.82. The maximum atomic E-state index is 12.7. The minimum atomic E-state index is -0.145. The molecule has 0 spiro atoms. The van der Waals surface area contributed by atoms with Crippen molar-refractivity contribution >= 4 is 11.6 Å². The second-order valence-electron chi connectivity index (χ2n) is 7.90. The maximum absolute atomic E-state index is 12.7. The van der Waals surface area contributed by atoms with Crippen LogP contribution in [0.15, 0.2) is 55.0 Å². The lowest BCUT2D eigenvalue weighted by atomic mass is 9.92. The zero-order chi connectivity index (χ0) is 22.8. The molecule has 0 fully saturated rings. The number of rotatable bonds is 4. The highest BCUT2D eigenvalue weighted by Crippen LogP contribution is 2.39.